The van der Waals surface area contributed by atoms with Gasteiger partial charge in [-0.2, -0.15) is 18.7 Å². The van der Waals surface area contributed by atoms with Crippen LogP contribution >= 0.6 is 12.2 Å². The predicted octanol–water partition coefficient (Wildman–Crippen LogP) is 1.34. The van der Waals surface area contributed by atoms with E-state index in [-0.39, 0.29) is 10.9 Å². The number of nitrogens with two attached hydrogens (primary N) is 1. The van der Waals surface area contributed by atoms with Crippen molar-refractivity contribution in [1.82, 2.24) is 10.9 Å². The van der Waals surface area contributed by atoms with Crippen LogP contribution in [0.2, 0.25) is 0 Å². The van der Waals surface area contributed by atoms with E-state index in [1.165, 1.54) is 0 Å². The Labute approximate surface area is 94.5 Å². The van der Waals surface area contributed by atoms with Crippen molar-refractivity contribution >= 4 is 17.3 Å². The van der Waals surface area contributed by atoms with Crippen LogP contribution in [0.3, 0.4) is 0 Å². The number of hydrogen-bond acceptors (Lipinski definition) is 3. The first kappa shape index (κ1) is 12.5. The Balaban J connectivity index is 2.62. The van der Waals surface area contributed by atoms with Crippen molar-refractivity contribution < 1.29 is 18.0 Å². The molecule has 0 radical (unpaired) electrons. The van der Waals surface area contributed by atoms with Crippen molar-refractivity contribution in [2.75, 3.05) is 0 Å². The molecule has 8 heteroatoms. The topological polar surface area (TPSA) is 59.3 Å². The summed E-state index contributed by atoms with van der Waals surface area (Å²) in [5, 5.41) is 0.0138. The fraction of sp³-hybridized carbons (Fsp3) is 0.125. The van der Waals surface area contributed by atoms with Gasteiger partial charge >= 0.3 is 6.18 Å². The van der Waals surface area contributed by atoms with E-state index in [2.05, 4.69) is 23.1 Å². The van der Waals surface area contributed by atoms with Crippen LogP contribution in [0.5, 0.6) is 5.75 Å². The molecule has 1 aromatic rings. The Kier molecular flexibility index (Phi) is 3.91. The Morgan fingerprint density at radius 1 is 1.25 bits per heavy atom. The van der Waals surface area contributed by atoms with Gasteiger partial charge < -0.3 is 4.84 Å². The standard InChI is InChI=1S/C8H8F3N3OS/c9-8(10,11)5-1-3-6(4-2-5)15-14-7(16)13-12/h1-4H,12H2,(H2,13,14,16). The third kappa shape index (κ3) is 3.55. The number of thiocarbonyl (C=S) groups is 1. The molecule has 0 saturated heterocycles. The average molecular weight is 251 g/mol. The summed E-state index contributed by atoms with van der Waals surface area (Å²) in [6.07, 6.45) is -4.36. The quantitative estimate of drug-likeness (QED) is 0.420. The zero-order chi connectivity index (χ0) is 12.2. The van der Waals surface area contributed by atoms with Crippen LogP contribution in [0.1, 0.15) is 5.56 Å². The molecule has 88 valence electrons. The molecule has 0 spiro atoms. The minimum atomic E-state index is -4.36. The highest BCUT2D eigenvalue weighted by molar-refractivity contribution is 7.80. The third-order valence-corrected chi connectivity index (χ3v) is 1.78. The number of hydrogen-bond donors (Lipinski definition) is 3. The highest BCUT2D eigenvalue weighted by atomic mass is 32.1. The minimum Gasteiger partial charge on any atom is -0.380 e. The van der Waals surface area contributed by atoms with Crippen LogP contribution in [-0.2, 0) is 6.18 Å². The van der Waals surface area contributed by atoms with Crippen LogP contribution in [-0.4, -0.2) is 5.11 Å². The van der Waals surface area contributed by atoms with Crippen molar-refractivity contribution in [3.05, 3.63) is 29.8 Å². The highest BCUT2D eigenvalue weighted by Crippen LogP contribution is 2.30. The van der Waals surface area contributed by atoms with Crippen LogP contribution in [0.4, 0.5) is 13.2 Å². The average Bonchev–Trinajstić information content (AvgIpc) is 2.25. The van der Waals surface area contributed by atoms with Gasteiger partial charge in [-0.3, -0.25) is 5.43 Å². The molecule has 1 aromatic carbocycles. The molecule has 4 N–H and O–H groups in total. The van der Waals surface area contributed by atoms with Gasteiger partial charge in [0.1, 0.15) is 0 Å². The fourth-order valence-electron chi connectivity index (χ4n) is 0.847. The van der Waals surface area contributed by atoms with Gasteiger partial charge in [0.25, 0.3) is 0 Å². The lowest BCUT2D eigenvalue weighted by Crippen LogP contribution is -2.41. The Bertz CT molecular complexity index is 366. The molecule has 0 aliphatic heterocycles. The van der Waals surface area contributed by atoms with E-state index in [1.54, 1.807) is 0 Å². The molecule has 0 heterocycles. The molecule has 0 saturated carbocycles. The zero-order valence-corrected chi connectivity index (χ0v) is 8.65. The molecule has 1 rings (SSSR count). The molecule has 16 heavy (non-hydrogen) atoms. The second-order valence-corrected chi connectivity index (χ2v) is 3.11. The van der Waals surface area contributed by atoms with Crippen molar-refractivity contribution in [2.24, 2.45) is 5.84 Å². The van der Waals surface area contributed by atoms with E-state index in [1.807, 2.05) is 0 Å². The summed E-state index contributed by atoms with van der Waals surface area (Å²) < 4.78 is 36.6. The van der Waals surface area contributed by atoms with Crippen LogP contribution in [0.25, 0.3) is 0 Å². The van der Waals surface area contributed by atoms with Gasteiger partial charge in [0.15, 0.2) is 5.75 Å². The largest absolute Gasteiger partial charge is 0.416 e. The normalized spacial score (nSPS) is 10.8. The molecular weight excluding hydrogens is 243 g/mol. The summed E-state index contributed by atoms with van der Waals surface area (Å²) in [7, 11) is 0. The van der Waals surface area contributed by atoms with E-state index in [9.17, 15) is 13.2 Å². The summed E-state index contributed by atoms with van der Waals surface area (Å²) >= 11 is 4.59. The molecule has 0 aliphatic carbocycles. The lowest BCUT2D eigenvalue weighted by atomic mass is 10.2. The third-order valence-electron chi connectivity index (χ3n) is 1.57. The summed E-state index contributed by atoms with van der Waals surface area (Å²) in [6, 6.07) is 4.12. The molecule has 0 unspecified atom stereocenters. The van der Waals surface area contributed by atoms with E-state index in [4.69, 9.17) is 10.7 Å². The number of hydrazine groups is 1. The lowest BCUT2D eigenvalue weighted by molar-refractivity contribution is -0.137. The second kappa shape index (κ2) is 4.99. The van der Waals surface area contributed by atoms with E-state index < -0.39 is 11.7 Å². The summed E-state index contributed by atoms with van der Waals surface area (Å²) in [5.74, 6) is 5.12. The van der Waals surface area contributed by atoms with Crippen LogP contribution in [0.15, 0.2) is 24.3 Å². The number of benzene rings is 1. The van der Waals surface area contributed by atoms with E-state index in [0.29, 0.717) is 0 Å². The van der Waals surface area contributed by atoms with Gasteiger partial charge in [-0.05, 0) is 36.5 Å². The molecule has 0 amide bonds. The number of alkyl halides is 3. The van der Waals surface area contributed by atoms with Gasteiger partial charge in [-0.25, -0.2) is 5.84 Å². The maximum Gasteiger partial charge on any atom is 0.416 e. The Hall–Kier alpha value is -1.54. The lowest BCUT2D eigenvalue weighted by Gasteiger charge is -2.10. The summed E-state index contributed by atoms with van der Waals surface area (Å²) in [6.45, 7) is 0. The van der Waals surface area contributed by atoms with Gasteiger partial charge in [0, 0.05) is 0 Å². The van der Waals surface area contributed by atoms with Crippen LogP contribution in [0, 0.1) is 0 Å². The molecule has 0 aliphatic rings. The summed E-state index contributed by atoms with van der Waals surface area (Å²) in [4.78, 5) is 4.83. The molecule has 4 nitrogen and oxygen atoms in total. The van der Waals surface area contributed by atoms with E-state index >= 15 is 0 Å². The maximum atomic E-state index is 12.2. The Morgan fingerprint density at radius 2 is 1.81 bits per heavy atom. The molecule has 0 atom stereocenters. The highest BCUT2D eigenvalue weighted by Gasteiger charge is 2.30. The first-order valence-corrected chi connectivity index (χ1v) is 4.45. The van der Waals surface area contributed by atoms with E-state index in [0.717, 1.165) is 24.3 Å². The molecule has 0 bridgehead atoms. The molecular formula is C8H8F3N3OS. The second-order valence-electron chi connectivity index (χ2n) is 2.70. The number of hydroxylamine groups is 1. The van der Waals surface area contributed by atoms with Crippen LogP contribution < -0.4 is 21.6 Å². The Morgan fingerprint density at radius 3 is 2.25 bits per heavy atom. The smallest absolute Gasteiger partial charge is 0.380 e. The zero-order valence-electron chi connectivity index (χ0n) is 7.84. The summed E-state index contributed by atoms with van der Waals surface area (Å²) in [5.41, 5.74) is 3.56. The first-order chi connectivity index (χ1) is 7.43. The van der Waals surface area contributed by atoms with Gasteiger partial charge in [0.05, 0.1) is 5.56 Å². The first-order valence-electron chi connectivity index (χ1n) is 4.04. The van der Waals surface area contributed by atoms with Crippen molar-refractivity contribution in [3.8, 4) is 5.75 Å². The fourth-order valence-corrected chi connectivity index (χ4v) is 0.888. The SMILES string of the molecule is NNC(=S)NOc1ccc(C(F)(F)F)cc1. The van der Waals surface area contributed by atoms with Crippen molar-refractivity contribution in [1.29, 1.82) is 0 Å². The van der Waals surface area contributed by atoms with Crippen molar-refractivity contribution in [2.45, 2.75) is 6.18 Å². The van der Waals surface area contributed by atoms with Gasteiger partial charge in [0.2, 0.25) is 5.11 Å². The minimum absolute atomic E-state index is 0.0138. The van der Waals surface area contributed by atoms with Gasteiger partial charge in [-0.1, -0.05) is 0 Å². The number of nitrogens with one attached hydrogen (secondary N) is 2. The van der Waals surface area contributed by atoms with Crippen molar-refractivity contribution in [3.63, 3.8) is 0 Å². The molecule has 0 fully saturated rings. The number of rotatable bonds is 2. The monoisotopic (exact) mass is 251 g/mol. The molecule has 0 aromatic heterocycles. The van der Waals surface area contributed by atoms with Gasteiger partial charge in [-0.15, -0.1) is 0 Å². The number of halogens is 3. The maximum absolute atomic E-state index is 12.2. The predicted molar refractivity (Wildman–Crippen MR) is 55.1 cm³/mol.